The molecule has 1 heteroatoms. The lowest BCUT2D eigenvalue weighted by molar-refractivity contribution is -0.105. The van der Waals surface area contributed by atoms with Crippen LogP contribution in [0.3, 0.4) is 0 Å². The van der Waals surface area contributed by atoms with E-state index in [1.54, 1.807) is 0 Å². The Morgan fingerprint density at radius 3 is 2.15 bits per heavy atom. The van der Waals surface area contributed by atoms with E-state index in [9.17, 15) is 4.79 Å². The van der Waals surface area contributed by atoms with Crippen LogP contribution in [-0.2, 0) is 4.79 Å². The van der Waals surface area contributed by atoms with Crippen molar-refractivity contribution in [2.75, 3.05) is 0 Å². The molecule has 0 N–H and O–H groups in total. The normalized spacial score (nSPS) is 12.5. The van der Waals surface area contributed by atoms with Crippen LogP contribution in [0, 0.1) is 0 Å². The quantitative estimate of drug-likeness (QED) is 0.332. The molecule has 0 rings (SSSR count). The van der Waals surface area contributed by atoms with E-state index in [0.717, 1.165) is 31.1 Å². The van der Waals surface area contributed by atoms with Gasteiger partial charge in [0.2, 0.25) is 0 Å². The highest BCUT2D eigenvalue weighted by atomic mass is 16.1. The Morgan fingerprint density at radius 1 is 1.08 bits per heavy atom. The molecular weight excluding hydrogens is 160 g/mol. The summed E-state index contributed by atoms with van der Waals surface area (Å²) in [5.41, 5.74) is 2.39. The Hall–Kier alpha value is -0.590. The third kappa shape index (κ3) is 4.87. The standard InChI is InChI=1S/C12H22O/c1-4-7-8-9-11(5-2)12(6-3)10-13/h10H,4-9H2,1-3H3/b12-11+. The molecule has 76 valence electrons. The first-order valence-corrected chi connectivity index (χ1v) is 5.46. The molecule has 0 atom stereocenters. The van der Waals surface area contributed by atoms with Gasteiger partial charge < -0.3 is 0 Å². The first-order chi connectivity index (χ1) is 6.29. The van der Waals surface area contributed by atoms with Crippen molar-refractivity contribution in [1.82, 2.24) is 0 Å². The Morgan fingerprint density at radius 2 is 1.77 bits per heavy atom. The van der Waals surface area contributed by atoms with Gasteiger partial charge in [-0.2, -0.15) is 0 Å². The minimum Gasteiger partial charge on any atom is -0.298 e. The van der Waals surface area contributed by atoms with Crippen molar-refractivity contribution >= 4 is 6.29 Å². The highest BCUT2D eigenvalue weighted by Crippen LogP contribution is 2.17. The van der Waals surface area contributed by atoms with E-state index >= 15 is 0 Å². The van der Waals surface area contributed by atoms with Gasteiger partial charge >= 0.3 is 0 Å². The molecule has 0 aromatic rings. The summed E-state index contributed by atoms with van der Waals surface area (Å²) in [5.74, 6) is 0. The Labute approximate surface area is 82.2 Å². The van der Waals surface area contributed by atoms with Gasteiger partial charge in [-0.25, -0.2) is 0 Å². The average Bonchev–Trinajstić information content (AvgIpc) is 2.17. The van der Waals surface area contributed by atoms with Gasteiger partial charge in [-0.15, -0.1) is 0 Å². The van der Waals surface area contributed by atoms with Gasteiger partial charge in [0.1, 0.15) is 6.29 Å². The smallest absolute Gasteiger partial charge is 0.145 e. The third-order valence-electron chi connectivity index (χ3n) is 2.49. The number of unbranched alkanes of at least 4 members (excludes halogenated alkanes) is 2. The van der Waals surface area contributed by atoms with Gasteiger partial charge in [0.05, 0.1) is 0 Å². The predicted octanol–water partition coefficient (Wildman–Crippen LogP) is 3.88. The molecule has 0 radical (unpaired) electrons. The predicted molar refractivity (Wildman–Crippen MR) is 57.8 cm³/mol. The molecule has 0 aliphatic carbocycles. The van der Waals surface area contributed by atoms with E-state index in [1.165, 1.54) is 24.8 Å². The molecular formula is C12H22O. The fourth-order valence-electron chi connectivity index (χ4n) is 1.57. The van der Waals surface area contributed by atoms with Crippen LogP contribution < -0.4 is 0 Å². The first-order valence-electron chi connectivity index (χ1n) is 5.46. The topological polar surface area (TPSA) is 17.1 Å². The minimum absolute atomic E-state index is 0.888. The van der Waals surface area contributed by atoms with Gasteiger partial charge in [-0.3, -0.25) is 4.79 Å². The van der Waals surface area contributed by atoms with Gasteiger partial charge in [0, 0.05) is 0 Å². The van der Waals surface area contributed by atoms with Crippen LogP contribution in [0.25, 0.3) is 0 Å². The van der Waals surface area contributed by atoms with Crippen molar-refractivity contribution < 1.29 is 4.79 Å². The summed E-state index contributed by atoms with van der Waals surface area (Å²) in [7, 11) is 0. The fourth-order valence-corrected chi connectivity index (χ4v) is 1.57. The zero-order chi connectivity index (χ0) is 10.1. The second-order valence-electron chi connectivity index (χ2n) is 3.41. The van der Waals surface area contributed by atoms with E-state index in [4.69, 9.17) is 0 Å². The Bertz CT molecular complexity index is 168. The highest BCUT2D eigenvalue weighted by Gasteiger charge is 2.01. The van der Waals surface area contributed by atoms with Crippen molar-refractivity contribution in [3.8, 4) is 0 Å². The molecule has 0 aliphatic rings. The molecule has 0 amide bonds. The second-order valence-corrected chi connectivity index (χ2v) is 3.41. The number of hydrogen-bond acceptors (Lipinski definition) is 1. The van der Waals surface area contributed by atoms with Gasteiger partial charge in [-0.1, -0.05) is 39.2 Å². The van der Waals surface area contributed by atoms with Gasteiger partial charge in [0.15, 0.2) is 0 Å². The minimum atomic E-state index is 0.888. The largest absolute Gasteiger partial charge is 0.298 e. The van der Waals surface area contributed by atoms with Crippen LogP contribution in [0.4, 0.5) is 0 Å². The van der Waals surface area contributed by atoms with Crippen molar-refractivity contribution in [2.24, 2.45) is 0 Å². The van der Waals surface area contributed by atoms with E-state index in [1.807, 2.05) is 0 Å². The molecule has 0 heterocycles. The average molecular weight is 182 g/mol. The molecule has 13 heavy (non-hydrogen) atoms. The molecule has 0 spiro atoms. The zero-order valence-corrected chi connectivity index (χ0v) is 9.23. The van der Waals surface area contributed by atoms with Crippen LogP contribution in [0.5, 0.6) is 0 Å². The van der Waals surface area contributed by atoms with Crippen LogP contribution in [0.1, 0.15) is 59.3 Å². The van der Waals surface area contributed by atoms with E-state index < -0.39 is 0 Å². The molecule has 0 aliphatic heterocycles. The summed E-state index contributed by atoms with van der Waals surface area (Å²) >= 11 is 0. The van der Waals surface area contributed by atoms with E-state index in [-0.39, 0.29) is 0 Å². The number of allylic oxidation sites excluding steroid dienone is 2. The summed E-state index contributed by atoms with van der Waals surface area (Å²) < 4.78 is 0. The summed E-state index contributed by atoms with van der Waals surface area (Å²) in [6.07, 6.45) is 7.83. The van der Waals surface area contributed by atoms with Crippen molar-refractivity contribution in [1.29, 1.82) is 0 Å². The highest BCUT2D eigenvalue weighted by molar-refractivity contribution is 5.74. The zero-order valence-electron chi connectivity index (χ0n) is 9.23. The fraction of sp³-hybridized carbons (Fsp3) is 0.750. The van der Waals surface area contributed by atoms with Gasteiger partial charge in [-0.05, 0) is 31.3 Å². The number of carbonyl (C=O) groups excluding carboxylic acids is 1. The van der Waals surface area contributed by atoms with Crippen LogP contribution >= 0.6 is 0 Å². The van der Waals surface area contributed by atoms with Gasteiger partial charge in [0.25, 0.3) is 0 Å². The Kier molecular flexibility index (Phi) is 7.66. The summed E-state index contributed by atoms with van der Waals surface area (Å²) in [6.45, 7) is 6.40. The lowest BCUT2D eigenvalue weighted by Gasteiger charge is -2.07. The van der Waals surface area contributed by atoms with E-state index in [2.05, 4.69) is 20.8 Å². The van der Waals surface area contributed by atoms with E-state index in [0.29, 0.717) is 0 Å². The lowest BCUT2D eigenvalue weighted by atomic mass is 9.98. The summed E-state index contributed by atoms with van der Waals surface area (Å²) in [4.78, 5) is 10.7. The molecule has 0 aromatic carbocycles. The van der Waals surface area contributed by atoms with Crippen molar-refractivity contribution in [3.05, 3.63) is 11.1 Å². The Balaban J connectivity index is 4.12. The van der Waals surface area contributed by atoms with Crippen molar-refractivity contribution in [3.63, 3.8) is 0 Å². The van der Waals surface area contributed by atoms with Crippen molar-refractivity contribution in [2.45, 2.75) is 59.3 Å². The van der Waals surface area contributed by atoms with Crippen LogP contribution in [0.15, 0.2) is 11.1 Å². The third-order valence-corrected chi connectivity index (χ3v) is 2.49. The molecule has 1 nitrogen and oxygen atoms in total. The number of aldehydes is 1. The SMILES string of the molecule is CCCCC/C(CC)=C(/C=O)CC. The van der Waals surface area contributed by atoms with Crippen LogP contribution in [-0.4, -0.2) is 6.29 Å². The number of carbonyl (C=O) groups is 1. The lowest BCUT2D eigenvalue weighted by Crippen LogP contribution is -1.92. The maximum atomic E-state index is 10.7. The molecule has 0 fully saturated rings. The van der Waals surface area contributed by atoms with Crippen LogP contribution in [0.2, 0.25) is 0 Å². The number of hydrogen-bond donors (Lipinski definition) is 0. The molecule has 0 saturated heterocycles. The molecule has 0 unspecified atom stereocenters. The molecule has 0 bridgehead atoms. The second kappa shape index (κ2) is 8.03. The summed E-state index contributed by atoms with van der Waals surface area (Å²) in [5, 5.41) is 0. The number of rotatable bonds is 7. The summed E-state index contributed by atoms with van der Waals surface area (Å²) in [6, 6.07) is 0. The molecule has 0 aromatic heterocycles. The maximum absolute atomic E-state index is 10.7. The first kappa shape index (κ1) is 12.4. The molecule has 0 saturated carbocycles. The maximum Gasteiger partial charge on any atom is 0.145 e. The monoisotopic (exact) mass is 182 g/mol.